The Kier molecular flexibility index (Phi) is 4.18. The van der Waals surface area contributed by atoms with Gasteiger partial charge in [-0.05, 0) is 49.9 Å². The highest BCUT2D eigenvalue weighted by Gasteiger charge is 2.32. The third kappa shape index (κ3) is 2.94. The smallest absolute Gasteiger partial charge is 0.227 e. The maximum atomic E-state index is 12.3. The number of nitriles is 1. The van der Waals surface area contributed by atoms with Crippen molar-refractivity contribution in [2.75, 3.05) is 11.9 Å². The molecule has 2 rings (SSSR count). The molecule has 1 saturated carbocycles. The first-order valence-corrected chi connectivity index (χ1v) is 6.67. The first kappa shape index (κ1) is 13.6. The fraction of sp³-hybridized carbons (Fsp3) is 0.467. The normalized spacial score (nSPS) is 21.9. The zero-order valence-electron chi connectivity index (χ0n) is 11.1. The summed E-state index contributed by atoms with van der Waals surface area (Å²) in [7, 11) is 0. The minimum atomic E-state index is 0.00939. The van der Waals surface area contributed by atoms with E-state index in [0.717, 1.165) is 30.5 Å². The fourth-order valence-electron chi connectivity index (χ4n) is 2.72. The highest BCUT2D eigenvalue weighted by molar-refractivity contribution is 5.93. The van der Waals surface area contributed by atoms with Crippen molar-refractivity contribution >= 4 is 11.6 Å². The van der Waals surface area contributed by atoms with E-state index in [1.165, 1.54) is 0 Å². The van der Waals surface area contributed by atoms with Gasteiger partial charge < -0.3 is 11.1 Å². The van der Waals surface area contributed by atoms with Crippen molar-refractivity contribution in [2.45, 2.75) is 26.2 Å². The number of benzene rings is 1. The van der Waals surface area contributed by atoms with E-state index in [1.807, 2.05) is 13.0 Å². The van der Waals surface area contributed by atoms with Gasteiger partial charge in [0, 0.05) is 11.6 Å². The lowest BCUT2D eigenvalue weighted by molar-refractivity contribution is -0.120. The summed E-state index contributed by atoms with van der Waals surface area (Å²) in [5.41, 5.74) is 7.96. The Hall–Kier alpha value is -1.86. The van der Waals surface area contributed by atoms with Crippen molar-refractivity contribution in [3.05, 3.63) is 29.3 Å². The maximum Gasteiger partial charge on any atom is 0.227 e. The molecular weight excluding hydrogens is 238 g/mol. The highest BCUT2D eigenvalue weighted by Crippen LogP contribution is 2.32. The zero-order chi connectivity index (χ0) is 13.8. The molecule has 0 aliphatic heterocycles. The lowest BCUT2D eigenvalue weighted by Gasteiger charge is -2.18. The lowest BCUT2D eigenvalue weighted by atomic mass is 9.95. The molecule has 1 aromatic carbocycles. The van der Waals surface area contributed by atoms with Crippen LogP contribution in [0.1, 0.15) is 30.4 Å². The number of rotatable bonds is 3. The molecule has 1 fully saturated rings. The zero-order valence-corrected chi connectivity index (χ0v) is 11.1. The van der Waals surface area contributed by atoms with Gasteiger partial charge in [0.2, 0.25) is 5.91 Å². The molecule has 1 aromatic rings. The van der Waals surface area contributed by atoms with Crippen molar-refractivity contribution in [1.82, 2.24) is 0 Å². The van der Waals surface area contributed by atoms with Crippen LogP contribution in [0.15, 0.2) is 18.2 Å². The van der Waals surface area contributed by atoms with E-state index in [2.05, 4.69) is 11.4 Å². The summed E-state index contributed by atoms with van der Waals surface area (Å²) in [6.45, 7) is 2.49. The average Bonchev–Trinajstić information content (AvgIpc) is 2.89. The van der Waals surface area contributed by atoms with Gasteiger partial charge in [-0.25, -0.2) is 0 Å². The second kappa shape index (κ2) is 5.85. The first-order chi connectivity index (χ1) is 9.15. The van der Waals surface area contributed by atoms with Gasteiger partial charge in [-0.1, -0.05) is 12.5 Å². The number of aryl methyl sites for hydroxylation is 1. The van der Waals surface area contributed by atoms with Crippen LogP contribution in [0.25, 0.3) is 0 Å². The van der Waals surface area contributed by atoms with E-state index in [-0.39, 0.29) is 11.8 Å². The Morgan fingerprint density at radius 3 is 3.00 bits per heavy atom. The number of carbonyl (C=O) groups excluding carboxylic acids is 1. The predicted octanol–water partition coefficient (Wildman–Crippen LogP) is 2.18. The Morgan fingerprint density at radius 2 is 2.32 bits per heavy atom. The monoisotopic (exact) mass is 257 g/mol. The quantitative estimate of drug-likeness (QED) is 0.871. The molecule has 1 aliphatic rings. The number of amides is 1. The Labute approximate surface area is 113 Å². The van der Waals surface area contributed by atoms with Gasteiger partial charge in [-0.3, -0.25) is 4.79 Å². The lowest BCUT2D eigenvalue weighted by Crippen LogP contribution is -2.30. The molecule has 3 N–H and O–H groups in total. The van der Waals surface area contributed by atoms with E-state index < -0.39 is 0 Å². The van der Waals surface area contributed by atoms with Crippen molar-refractivity contribution in [2.24, 2.45) is 17.6 Å². The van der Waals surface area contributed by atoms with Gasteiger partial charge in [-0.2, -0.15) is 5.26 Å². The van der Waals surface area contributed by atoms with Crippen LogP contribution >= 0.6 is 0 Å². The van der Waals surface area contributed by atoms with Crippen LogP contribution in [-0.4, -0.2) is 12.5 Å². The topological polar surface area (TPSA) is 78.9 Å². The molecule has 2 atom stereocenters. The molecule has 0 aromatic heterocycles. The summed E-state index contributed by atoms with van der Waals surface area (Å²) < 4.78 is 0. The van der Waals surface area contributed by atoms with Crippen molar-refractivity contribution in [3.8, 4) is 6.07 Å². The SMILES string of the molecule is Cc1ccc(C#N)cc1NC(=O)C1CCCC1CN. The van der Waals surface area contributed by atoms with Crippen molar-refractivity contribution < 1.29 is 4.79 Å². The third-order valence-electron chi connectivity index (χ3n) is 3.92. The van der Waals surface area contributed by atoms with E-state index in [9.17, 15) is 4.79 Å². The molecule has 1 amide bonds. The predicted molar refractivity (Wildman–Crippen MR) is 74.4 cm³/mol. The summed E-state index contributed by atoms with van der Waals surface area (Å²) in [6, 6.07) is 7.41. The standard InChI is InChI=1S/C15H19N3O/c1-10-5-6-11(8-16)7-14(10)18-15(19)13-4-2-3-12(13)9-17/h5-7,12-13H,2-4,9,17H2,1H3,(H,18,19). The molecule has 0 radical (unpaired) electrons. The summed E-state index contributed by atoms with van der Waals surface area (Å²) in [5.74, 6) is 0.334. The Bertz CT molecular complexity index is 519. The largest absolute Gasteiger partial charge is 0.330 e. The molecule has 2 unspecified atom stereocenters. The van der Waals surface area contributed by atoms with E-state index in [0.29, 0.717) is 18.0 Å². The first-order valence-electron chi connectivity index (χ1n) is 6.67. The molecule has 0 bridgehead atoms. The van der Waals surface area contributed by atoms with Gasteiger partial charge in [0.25, 0.3) is 0 Å². The van der Waals surface area contributed by atoms with E-state index in [4.69, 9.17) is 11.0 Å². The minimum Gasteiger partial charge on any atom is -0.330 e. The molecule has 0 heterocycles. The van der Waals surface area contributed by atoms with Crippen LogP contribution in [0.3, 0.4) is 0 Å². The molecule has 4 nitrogen and oxygen atoms in total. The average molecular weight is 257 g/mol. The van der Waals surface area contributed by atoms with Gasteiger partial charge in [-0.15, -0.1) is 0 Å². The van der Waals surface area contributed by atoms with Crippen LogP contribution in [0, 0.1) is 30.1 Å². The number of nitrogens with one attached hydrogen (secondary N) is 1. The second-order valence-corrected chi connectivity index (χ2v) is 5.16. The summed E-state index contributed by atoms with van der Waals surface area (Å²) in [5, 5.41) is 11.8. The molecule has 100 valence electrons. The number of anilines is 1. The molecule has 0 spiro atoms. The number of nitrogens with two attached hydrogens (primary N) is 1. The van der Waals surface area contributed by atoms with Crippen LogP contribution in [0.4, 0.5) is 5.69 Å². The molecular formula is C15H19N3O. The summed E-state index contributed by atoms with van der Waals surface area (Å²) in [6.07, 6.45) is 3.01. The Balaban J connectivity index is 2.13. The molecule has 4 heteroatoms. The van der Waals surface area contributed by atoms with E-state index >= 15 is 0 Å². The van der Waals surface area contributed by atoms with Crippen molar-refractivity contribution in [1.29, 1.82) is 5.26 Å². The van der Waals surface area contributed by atoms with Gasteiger partial charge in [0.1, 0.15) is 0 Å². The number of hydrogen-bond donors (Lipinski definition) is 2. The fourth-order valence-corrected chi connectivity index (χ4v) is 2.72. The van der Waals surface area contributed by atoms with Crippen LogP contribution in [0.2, 0.25) is 0 Å². The minimum absolute atomic E-state index is 0.00939. The van der Waals surface area contributed by atoms with Gasteiger partial charge in [0.15, 0.2) is 0 Å². The summed E-state index contributed by atoms with van der Waals surface area (Å²) in [4.78, 5) is 12.3. The van der Waals surface area contributed by atoms with Gasteiger partial charge in [0.05, 0.1) is 11.6 Å². The van der Waals surface area contributed by atoms with Crippen LogP contribution in [-0.2, 0) is 4.79 Å². The number of hydrogen-bond acceptors (Lipinski definition) is 3. The highest BCUT2D eigenvalue weighted by atomic mass is 16.1. The molecule has 19 heavy (non-hydrogen) atoms. The summed E-state index contributed by atoms with van der Waals surface area (Å²) >= 11 is 0. The molecule has 0 saturated heterocycles. The number of nitrogens with zero attached hydrogens (tertiary/aromatic N) is 1. The second-order valence-electron chi connectivity index (χ2n) is 5.16. The van der Waals surface area contributed by atoms with Crippen molar-refractivity contribution in [3.63, 3.8) is 0 Å². The van der Waals surface area contributed by atoms with E-state index in [1.54, 1.807) is 12.1 Å². The third-order valence-corrected chi connectivity index (χ3v) is 3.92. The van der Waals surface area contributed by atoms with Crippen LogP contribution < -0.4 is 11.1 Å². The molecule has 1 aliphatic carbocycles. The van der Waals surface area contributed by atoms with Gasteiger partial charge >= 0.3 is 0 Å². The Morgan fingerprint density at radius 1 is 1.53 bits per heavy atom. The maximum absolute atomic E-state index is 12.3. The van der Waals surface area contributed by atoms with Crippen LogP contribution in [0.5, 0.6) is 0 Å². The number of carbonyl (C=O) groups is 1.